The van der Waals surface area contributed by atoms with Gasteiger partial charge in [-0.05, 0) is 12.5 Å². The van der Waals surface area contributed by atoms with Crippen LogP contribution in [0.15, 0.2) is 41.6 Å². The predicted molar refractivity (Wildman–Crippen MR) is 97.6 cm³/mol. The lowest BCUT2D eigenvalue weighted by atomic mass is 10.2. The summed E-state index contributed by atoms with van der Waals surface area (Å²) in [6.45, 7) is 2.52. The van der Waals surface area contributed by atoms with E-state index in [1.165, 1.54) is 11.8 Å². The molecule has 0 fully saturated rings. The van der Waals surface area contributed by atoms with Gasteiger partial charge in [0.05, 0.1) is 5.75 Å². The highest BCUT2D eigenvalue weighted by molar-refractivity contribution is 7.99. The Morgan fingerprint density at radius 2 is 1.92 bits per heavy atom. The van der Waals surface area contributed by atoms with Gasteiger partial charge in [-0.25, -0.2) is 9.97 Å². The summed E-state index contributed by atoms with van der Waals surface area (Å²) >= 11 is 1.22. The molecule has 0 saturated carbocycles. The molecule has 1 aromatic heterocycles. The molecule has 1 aromatic carbocycles. The van der Waals surface area contributed by atoms with Crippen LogP contribution in [0, 0.1) is 6.92 Å². The molecule has 0 unspecified atom stereocenters. The molecule has 0 aliphatic heterocycles. The third-order valence-electron chi connectivity index (χ3n) is 3.38. The van der Waals surface area contributed by atoms with Crippen molar-refractivity contribution in [1.82, 2.24) is 14.9 Å². The van der Waals surface area contributed by atoms with Gasteiger partial charge >= 0.3 is 0 Å². The minimum atomic E-state index is -0.437. The zero-order valence-corrected chi connectivity index (χ0v) is 14.8. The molecule has 8 heteroatoms. The van der Waals surface area contributed by atoms with Gasteiger partial charge in [-0.2, -0.15) is 0 Å². The molecule has 0 saturated heterocycles. The van der Waals surface area contributed by atoms with Crippen LogP contribution in [0.4, 0.5) is 5.82 Å². The molecule has 0 bridgehead atoms. The molecule has 0 radical (unpaired) electrons. The molecule has 25 heavy (non-hydrogen) atoms. The lowest BCUT2D eigenvalue weighted by Crippen LogP contribution is -2.34. The lowest BCUT2D eigenvalue weighted by Gasteiger charge is -2.22. The monoisotopic (exact) mass is 359 g/mol. The maximum Gasteiger partial charge on any atom is 0.233 e. The van der Waals surface area contributed by atoms with Crippen molar-refractivity contribution in [3.63, 3.8) is 0 Å². The first-order chi connectivity index (χ1) is 11.9. The summed E-state index contributed by atoms with van der Waals surface area (Å²) in [4.78, 5) is 33.6. The predicted octanol–water partition coefficient (Wildman–Crippen LogP) is 1.36. The van der Waals surface area contributed by atoms with Crippen LogP contribution >= 0.6 is 11.8 Å². The summed E-state index contributed by atoms with van der Waals surface area (Å²) in [6, 6.07) is 11.3. The highest BCUT2D eigenvalue weighted by Crippen LogP contribution is 2.16. The molecule has 0 spiro atoms. The number of primary amides is 1. The van der Waals surface area contributed by atoms with Crippen molar-refractivity contribution < 1.29 is 9.59 Å². The Morgan fingerprint density at radius 1 is 1.20 bits per heavy atom. The number of hydrogen-bond acceptors (Lipinski definition) is 6. The van der Waals surface area contributed by atoms with Gasteiger partial charge in [0.25, 0.3) is 0 Å². The van der Waals surface area contributed by atoms with Crippen molar-refractivity contribution in [3.05, 3.63) is 47.7 Å². The number of aromatic nitrogens is 2. The van der Waals surface area contributed by atoms with E-state index in [1.54, 1.807) is 11.0 Å². The van der Waals surface area contributed by atoms with Gasteiger partial charge in [0.2, 0.25) is 11.8 Å². The van der Waals surface area contributed by atoms with Crippen molar-refractivity contribution in [2.75, 3.05) is 18.0 Å². The highest BCUT2D eigenvalue weighted by Gasteiger charge is 2.16. The van der Waals surface area contributed by atoms with E-state index in [9.17, 15) is 9.59 Å². The molecule has 132 valence electrons. The van der Waals surface area contributed by atoms with Crippen molar-refractivity contribution in [2.45, 2.75) is 25.0 Å². The molecule has 4 N–H and O–H groups in total. The number of hydrogen-bond donors (Lipinski definition) is 2. The van der Waals surface area contributed by atoms with Crippen LogP contribution < -0.4 is 11.5 Å². The molecule has 0 aliphatic rings. The number of anilines is 1. The average Bonchev–Trinajstić information content (AvgIpc) is 2.56. The third kappa shape index (κ3) is 6.42. The molecule has 2 rings (SSSR count). The molecule has 0 aliphatic carbocycles. The minimum absolute atomic E-state index is 0.112. The van der Waals surface area contributed by atoms with Crippen LogP contribution in [-0.4, -0.2) is 39.0 Å². The molecule has 7 nitrogen and oxygen atoms in total. The van der Waals surface area contributed by atoms with Crippen LogP contribution in [0.3, 0.4) is 0 Å². The Kier molecular flexibility index (Phi) is 6.76. The van der Waals surface area contributed by atoms with Gasteiger partial charge in [0.1, 0.15) is 5.82 Å². The summed E-state index contributed by atoms with van der Waals surface area (Å²) in [5.74, 6) is -0.0153. The fourth-order valence-corrected chi connectivity index (χ4v) is 3.00. The zero-order chi connectivity index (χ0) is 18.2. The number of carbonyl (C=O) groups excluding carboxylic acids is 2. The minimum Gasteiger partial charge on any atom is -0.384 e. The van der Waals surface area contributed by atoms with Crippen LogP contribution in [0.5, 0.6) is 0 Å². The van der Waals surface area contributed by atoms with Gasteiger partial charge in [-0.3, -0.25) is 9.59 Å². The third-order valence-corrected chi connectivity index (χ3v) is 4.21. The normalized spacial score (nSPS) is 10.4. The standard InChI is InChI=1S/C17H21N5O2S/c1-12-9-14(18)21-17(20-12)25-11-16(24)22(8-7-15(19)23)10-13-5-3-2-4-6-13/h2-6,9H,7-8,10-11H2,1H3,(H2,19,23)(H2,18,20,21). The maximum atomic E-state index is 12.6. The van der Waals surface area contributed by atoms with E-state index < -0.39 is 5.91 Å². The van der Waals surface area contributed by atoms with Crippen LogP contribution in [0.1, 0.15) is 17.7 Å². The molecular weight excluding hydrogens is 338 g/mol. The van der Waals surface area contributed by atoms with E-state index in [4.69, 9.17) is 11.5 Å². The van der Waals surface area contributed by atoms with Gasteiger partial charge in [0, 0.05) is 31.3 Å². The first-order valence-electron chi connectivity index (χ1n) is 7.78. The zero-order valence-electron chi connectivity index (χ0n) is 14.0. The summed E-state index contributed by atoms with van der Waals surface area (Å²) in [5.41, 5.74) is 12.6. The summed E-state index contributed by atoms with van der Waals surface area (Å²) < 4.78 is 0. The van der Waals surface area contributed by atoms with Crippen LogP contribution in [0.2, 0.25) is 0 Å². The van der Waals surface area contributed by atoms with E-state index in [1.807, 2.05) is 37.3 Å². The Hall–Kier alpha value is -2.61. The Morgan fingerprint density at radius 3 is 2.56 bits per heavy atom. The fraction of sp³-hybridized carbons (Fsp3) is 0.294. The van der Waals surface area contributed by atoms with Gasteiger partial charge in [-0.1, -0.05) is 42.1 Å². The van der Waals surface area contributed by atoms with Crippen LogP contribution in [-0.2, 0) is 16.1 Å². The number of carbonyl (C=O) groups is 2. The SMILES string of the molecule is Cc1cc(N)nc(SCC(=O)N(CCC(N)=O)Cc2ccccc2)n1. The van der Waals surface area contributed by atoms with Gasteiger partial charge in [-0.15, -0.1) is 0 Å². The van der Waals surface area contributed by atoms with Crippen molar-refractivity contribution in [1.29, 1.82) is 0 Å². The molecule has 1 heterocycles. The van der Waals surface area contributed by atoms with E-state index >= 15 is 0 Å². The Bertz CT molecular complexity index is 719. The highest BCUT2D eigenvalue weighted by atomic mass is 32.2. The largest absolute Gasteiger partial charge is 0.384 e. The lowest BCUT2D eigenvalue weighted by molar-refractivity contribution is -0.129. The number of nitrogens with two attached hydrogens (primary N) is 2. The van der Waals surface area contributed by atoms with Crippen LogP contribution in [0.25, 0.3) is 0 Å². The average molecular weight is 359 g/mol. The topological polar surface area (TPSA) is 115 Å². The summed E-state index contributed by atoms with van der Waals surface area (Å²) in [6.07, 6.45) is 0.122. The number of amides is 2. The fourth-order valence-electron chi connectivity index (χ4n) is 2.19. The number of aryl methyl sites for hydroxylation is 1. The quantitative estimate of drug-likeness (QED) is 0.543. The second kappa shape index (κ2) is 9.03. The van der Waals surface area contributed by atoms with E-state index in [0.29, 0.717) is 17.5 Å². The number of nitrogens with zero attached hydrogens (tertiary/aromatic N) is 3. The smallest absolute Gasteiger partial charge is 0.233 e. The molecular formula is C17H21N5O2S. The van der Waals surface area contributed by atoms with Gasteiger partial charge in [0.15, 0.2) is 5.16 Å². The Balaban J connectivity index is 2.01. The molecule has 2 aromatic rings. The first kappa shape index (κ1) is 18.7. The van der Waals surface area contributed by atoms with E-state index in [0.717, 1.165) is 11.3 Å². The Labute approximate surface area is 150 Å². The molecule has 2 amide bonds. The number of rotatable bonds is 8. The summed E-state index contributed by atoms with van der Waals surface area (Å²) in [7, 11) is 0. The van der Waals surface area contributed by atoms with E-state index in [-0.39, 0.29) is 24.6 Å². The van der Waals surface area contributed by atoms with Crippen molar-refractivity contribution in [2.24, 2.45) is 5.73 Å². The van der Waals surface area contributed by atoms with E-state index in [2.05, 4.69) is 9.97 Å². The first-order valence-corrected chi connectivity index (χ1v) is 8.76. The number of thioether (sulfide) groups is 1. The second-order valence-electron chi connectivity index (χ2n) is 5.52. The van der Waals surface area contributed by atoms with Crippen molar-refractivity contribution >= 4 is 29.4 Å². The number of nitrogen functional groups attached to an aromatic ring is 1. The number of benzene rings is 1. The van der Waals surface area contributed by atoms with Crippen molar-refractivity contribution in [3.8, 4) is 0 Å². The van der Waals surface area contributed by atoms with Gasteiger partial charge < -0.3 is 16.4 Å². The maximum absolute atomic E-state index is 12.6. The molecule has 0 atom stereocenters. The second-order valence-corrected chi connectivity index (χ2v) is 6.47. The summed E-state index contributed by atoms with van der Waals surface area (Å²) in [5, 5.41) is 0.459.